The van der Waals surface area contributed by atoms with Crippen LogP contribution >= 0.6 is 23.2 Å². The van der Waals surface area contributed by atoms with E-state index >= 15 is 0 Å². The van der Waals surface area contributed by atoms with Gasteiger partial charge in [-0.1, -0.05) is 35.3 Å². The number of aromatic amines is 1. The number of benzene rings is 2. The molecule has 1 N–H and O–H groups in total. The molecular formula is C22H18Cl2N2O3. The predicted molar refractivity (Wildman–Crippen MR) is 114 cm³/mol. The van der Waals surface area contributed by atoms with E-state index in [0.717, 1.165) is 0 Å². The molecule has 0 saturated carbocycles. The minimum absolute atomic E-state index is 0.0505. The van der Waals surface area contributed by atoms with Crippen molar-refractivity contribution in [1.82, 2.24) is 4.98 Å². The molecule has 1 aromatic heterocycles. The minimum Gasteiger partial charge on any atom is -0.490 e. The summed E-state index contributed by atoms with van der Waals surface area (Å²) in [5.74, 6) is 1.00. The minimum atomic E-state index is -0.422. The maximum Gasteiger partial charge on any atom is 0.266 e. The summed E-state index contributed by atoms with van der Waals surface area (Å²) in [5.41, 5.74) is 2.19. The third kappa shape index (κ3) is 4.56. The summed E-state index contributed by atoms with van der Waals surface area (Å²) in [4.78, 5) is 14.7. The molecule has 0 spiro atoms. The fraction of sp³-hybridized carbons (Fsp3) is 0.182. The highest BCUT2D eigenvalue weighted by molar-refractivity contribution is 6.35. The Hall–Kier alpha value is -2.94. The van der Waals surface area contributed by atoms with Gasteiger partial charge in [0.15, 0.2) is 11.5 Å². The fourth-order valence-electron chi connectivity index (χ4n) is 2.91. The van der Waals surface area contributed by atoms with E-state index in [1.54, 1.807) is 49.4 Å². The SMILES string of the molecule is CCOc1cc(-c2cc(C)[nH]c(=O)c2C#N)ccc1OCc1c(Cl)cccc1Cl. The lowest BCUT2D eigenvalue weighted by Crippen LogP contribution is -2.12. The molecule has 3 aromatic rings. The molecule has 0 amide bonds. The third-order valence-corrected chi connectivity index (χ3v) is 4.98. The van der Waals surface area contributed by atoms with Gasteiger partial charge in [0.1, 0.15) is 18.2 Å². The van der Waals surface area contributed by atoms with Crippen LogP contribution in [0.3, 0.4) is 0 Å². The molecule has 0 aliphatic carbocycles. The number of hydrogen-bond donors (Lipinski definition) is 1. The van der Waals surface area contributed by atoms with Crippen molar-refractivity contribution < 1.29 is 9.47 Å². The van der Waals surface area contributed by atoms with Crippen molar-refractivity contribution in [3.8, 4) is 28.7 Å². The first-order chi connectivity index (χ1) is 13.9. The Morgan fingerprint density at radius 3 is 2.45 bits per heavy atom. The number of aryl methyl sites for hydroxylation is 1. The molecule has 1 heterocycles. The van der Waals surface area contributed by atoms with E-state index < -0.39 is 5.56 Å². The molecule has 0 radical (unpaired) electrons. The van der Waals surface area contributed by atoms with E-state index in [0.29, 0.717) is 50.5 Å². The van der Waals surface area contributed by atoms with E-state index in [-0.39, 0.29) is 12.2 Å². The van der Waals surface area contributed by atoms with E-state index in [1.165, 1.54) is 0 Å². The summed E-state index contributed by atoms with van der Waals surface area (Å²) in [6.45, 7) is 4.22. The van der Waals surface area contributed by atoms with Crippen molar-refractivity contribution in [2.24, 2.45) is 0 Å². The zero-order chi connectivity index (χ0) is 21.0. The first-order valence-electron chi connectivity index (χ1n) is 8.91. The number of ether oxygens (including phenoxy) is 2. The van der Waals surface area contributed by atoms with Gasteiger partial charge in [0.05, 0.1) is 6.61 Å². The summed E-state index contributed by atoms with van der Waals surface area (Å²) in [5, 5.41) is 10.4. The van der Waals surface area contributed by atoms with Crippen LogP contribution in [0.2, 0.25) is 10.0 Å². The molecule has 0 fully saturated rings. The lowest BCUT2D eigenvalue weighted by atomic mass is 10.0. The van der Waals surface area contributed by atoms with Crippen molar-refractivity contribution in [1.29, 1.82) is 5.26 Å². The second kappa shape index (κ2) is 9.04. The quantitative estimate of drug-likeness (QED) is 0.561. The van der Waals surface area contributed by atoms with Crippen molar-refractivity contribution in [3.63, 3.8) is 0 Å². The van der Waals surface area contributed by atoms with Gasteiger partial charge in [0.2, 0.25) is 0 Å². The number of pyridine rings is 1. The number of nitrogens with one attached hydrogen (secondary N) is 1. The van der Waals surface area contributed by atoms with Gasteiger partial charge in [-0.25, -0.2) is 0 Å². The van der Waals surface area contributed by atoms with Crippen LogP contribution < -0.4 is 15.0 Å². The van der Waals surface area contributed by atoms with E-state index in [1.807, 2.05) is 13.0 Å². The van der Waals surface area contributed by atoms with Gasteiger partial charge in [-0.2, -0.15) is 5.26 Å². The molecule has 7 heteroatoms. The maximum atomic E-state index is 12.1. The summed E-state index contributed by atoms with van der Waals surface area (Å²) >= 11 is 12.4. The van der Waals surface area contributed by atoms with Gasteiger partial charge >= 0.3 is 0 Å². The molecule has 0 saturated heterocycles. The molecule has 2 aromatic carbocycles. The van der Waals surface area contributed by atoms with Gasteiger partial charge in [-0.15, -0.1) is 0 Å². The molecule has 0 atom stereocenters. The molecule has 148 valence electrons. The fourth-order valence-corrected chi connectivity index (χ4v) is 3.42. The summed E-state index contributed by atoms with van der Waals surface area (Å²) in [6.07, 6.45) is 0. The zero-order valence-corrected chi connectivity index (χ0v) is 17.4. The predicted octanol–water partition coefficient (Wildman–Crippen LogP) is 5.51. The topological polar surface area (TPSA) is 75.1 Å². The number of H-pyrrole nitrogens is 1. The average Bonchev–Trinajstić information content (AvgIpc) is 2.68. The molecule has 5 nitrogen and oxygen atoms in total. The number of nitriles is 1. The molecule has 0 bridgehead atoms. The highest BCUT2D eigenvalue weighted by Gasteiger charge is 2.15. The highest BCUT2D eigenvalue weighted by atomic mass is 35.5. The van der Waals surface area contributed by atoms with Gasteiger partial charge in [-0.05, 0) is 49.7 Å². The Labute approximate surface area is 178 Å². The number of halogens is 2. The van der Waals surface area contributed by atoms with Crippen LogP contribution in [0.4, 0.5) is 0 Å². The smallest absolute Gasteiger partial charge is 0.266 e. The molecular weight excluding hydrogens is 411 g/mol. The van der Waals surface area contributed by atoms with Crippen LogP contribution in [0, 0.1) is 18.3 Å². The van der Waals surface area contributed by atoms with Crippen LogP contribution in [0.5, 0.6) is 11.5 Å². The molecule has 0 aliphatic heterocycles. The van der Waals surface area contributed by atoms with Crippen molar-refractivity contribution in [3.05, 3.63) is 79.7 Å². The Morgan fingerprint density at radius 1 is 1.07 bits per heavy atom. The van der Waals surface area contributed by atoms with E-state index in [9.17, 15) is 10.1 Å². The number of hydrogen-bond acceptors (Lipinski definition) is 4. The van der Waals surface area contributed by atoms with Gasteiger partial charge < -0.3 is 14.5 Å². The van der Waals surface area contributed by atoms with Crippen LogP contribution in [0.15, 0.2) is 47.3 Å². The summed E-state index contributed by atoms with van der Waals surface area (Å²) in [6, 6.07) is 14.3. The van der Waals surface area contributed by atoms with E-state index in [4.69, 9.17) is 32.7 Å². The normalized spacial score (nSPS) is 10.4. The molecule has 0 unspecified atom stereocenters. The molecule has 3 rings (SSSR count). The van der Waals surface area contributed by atoms with Gasteiger partial charge in [0, 0.05) is 26.9 Å². The van der Waals surface area contributed by atoms with Gasteiger partial charge in [-0.3, -0.25) is 4.79 Å². The standard InChI is InChI=1S/C22H18Cl2N2O3/c1-3-28-21-10-14(15-9-13(2)26-22(27)16(15)11-25)7-8-20(21)29-12-17-18(23)5-4-6-19(17)24/h4-10H,3,12H2,1-2H3,(H,26,27). The lowest BCUT2D eigenvalue weighted by molar-refractivity contribution is 0.269. The number of aromatic nitrogens is 1. The largest absolute Gasteiger partial charge is 0.490 e. The zero-order valence-electron chi connectivity index (χ0n) is 15.9. The lowest BCUT2D eigenvalue weighted by Gasteiger charge is -2.15. The molecule has 29 heavy (non-hydrogen) atoms. The number of nitrogens with zero attached hydrogens (tertiary/aromatic N) is 1. The highest BCUT2D eigenvalue weighted by Crippen LogP contribution is 2.35. The van der Waals surface area contributed by atoms with Crippen molar-refractivity contribution in [2.45, 2.75) is 20.5 Å². The Balaban J connectivity index is 1.98. The summed E-state index contributed by atoms with van der Waals surface area (Å²) < 4.78 is 11.6. The van der Waals surface area contributed by atoms with Crippen molar-refractivity contribution in [2.75, 3.05) is 6.61 Å². The second-order valence-electron chi connectivity index (χ2n) is 6.27. The third-order valence-electron chi connectivity index (χ3n) is 4.27. The van der Waals surface area contributed by atoms with Crippen LogP contribution in [-0.2, 0) is 6.61 Å². The first-order valence-corrected chi connectivity index (χ1v) is 9.67. The Morgan fingerprint density at radius 2 is 1.79 bits per heavy atom. The second-order valence-corrected chi connectivity index (χ2v) is 7.08. The average molecular weight is 429 g/mol. The summed E-state index contributed by atoms with van der Waals surface area (Å²) in [7, 11) is 0. The monoisotopic (exact) mass is 428 g/mol. The molecule has 0 aliphatic rings. The maximum absolute atomic E-state index is 12.1. The Kier molecular flexibility index (Phi) is 6.48. The van der Waals surface area contributed by atoms with Crippen LogP contribution in [0.25, 0.3) is 11.1 Å². The number of rotatable bonds is 6. The van der Waals surface area contributed by atoms with Crippen LogP contribution in [0.1, 0.15) is 23.7 Å². The Bertz CT molecular complexity index is 1130. The van der Waals surface area contributed by atoms with E-state index in [2.05, 4.69) is 4.98 Å². The van der Waals surface area contributed by atoms with Gasteiger partial charge in [0.25, 0.3) is 5.56 Å². The van der Waals surface area contributed by atoms with Crippen molar-refractivity contribution >= 4 is 23.2 Å². The van der Waals surface area contributed by atoms with Crippen LogP contribution in [-0.4, -0.2) is 11.6 Å². The first kappa shape index (κ1) is 20.8.